The molecule has 23 heavy (non-hydrogen) atoms. The van der Waals surface area contributed by atoms with Crippen LogP contribution in [0.5, 0.6) is 5.75 Å². The smallest absolute Gasteiger partial charge is 0.236 e. The number of phenols is 1. The largest absolute Gasteiger partial charge is 0.508 e. The first kappa shape index (κ1) is 16.3. The lowest BCUT2D eigenvalue weighted by Crippen LogP contribution is -2.43. The minimum atomic E-state index is 0.315. The van der Waals surface area contributed by atoms with E-state index in [1.807, 2.05) is 12.1 Å². The van der Waals surface area contributed by atoms with Gasteiger partial charge in [0.15, 0.2) is 0 Å². The lowest BCUT2D eigenvalue weighted by molar-refractivity contribution is -0.132. The number of hydrogen-bond acceptors (Lipinski definition) is 3. The summed E-state index contributed by atoms with van der Waals surface area (Å²) in [4.78, 5) is 16.8. The van der Waals surface area contributed by atoms with E-state index < -0.39 is 0 Å². The lowest BCUT2D eigenvalue weighted by Gasteiger charge is -2.33. The van der Waals surface area contributed by atoms with E-state index in [1.165, 1.54) is 18.4 Å². The number of carbonyl (C=O) groups is 1. The van der Waals surface area contributed by atoms with Gasteiger partial charge in [-0.15, -0.1) is 0 Å². The third kappa shape index (κ3) is 4.47. The molecule has 1 N–H and O–H groups in total. The predicted octanol–water partition coefficient (Wildman–Crippen LogP) is 2.97. The molecule has 4 heteroatoms. The predicted molar refractivity (Wildman–Crippen MR) is 91.6 cm³/mol. The van der Waals surface area contributed by atoms with E-state index in [2.05, 4.69) is 9.80 Å². The van der Waals surface area contributed by atoms with E-state index >= 15 is 0 Å². The highest BCUT2D eigenvalue weighted by molar-refractivity contribution is 5.78. The van der Waals surface area contributed by atoms with E-state index in [0.717, 1.165) is 51.9 Å². The van der Waals surface area contributed by atoms with Crippen LogP contribution >= 0.6 is 0 Å². The van der Waals surface area contributed by atoms with Gasteiger partial charge in [0.25, 0.3) is 0 Å². The van der Waals surface area contributed by atoms with E-state index in [1.54, 1.807) is 12.1 Å². The fraction of sp³-hybridized carbons (Fsp3) is 0.632. The second-order valence-corrected chi connectivity index (χ2v) is 6.94. The summed E-state index contributed by atoms with van der Waals surface area (Å²) in [5, 5.41) is 9.39. The second-order valence-electron chi connectivity index (χ2n) is 6.94. The molecule has 0 bridgehead atoms. The summed E-state index contributed by atoms with van der Waals surface area (Å²) < 4.78 is 0. The molecule has 2 heterocycles. The number of nitrogens with zero attached hydrogens (tertiary/aromatic N) is 2. The number of piperidine rings is 1. The first-order valence-corrected chi connectivity index (χ1v) is 9.01. The molecule has 1 aromatic rings. The number of rotatable bonds is 3. The minimum absolute atomic E-state index is 0.315. The van der Waals surface area contributed by atoms with Crippen molar-refractivity contribution < 1.29 is 9.90 Å². The molecule has 4 nitrogen and oxygen atoms in total. The van der Waals surface area contributed by atoms with Crippen LogP contribution in [-0.2, 0) is 4.79 Å². The molecule has 0 saturated carbocycles. The monoisotopic (exact) mass is 316 g/mol. The average Bonchev–Trinajstić information content (AvgIpc) is 2.86. The van der Waals surface area contributed by atoms with Crippen LogP contribution in [-0.4, -0.2) is 53.5 Å². The Morgan fingerprint density at radius 3 is 2.17 bits per heavy atom. The number of benzene rings is 1. The van der Waals surface area contributed by atoms with Crippen molar-refractivity contribution in [1.29, 1.82) is 0 Å². The van der Waals surface area contributed by atoms with E-state index in [-0.39, 0.29) is 0 Å². The molecule has 0 unspecified atom stereocenters. The molecule has 2 aliphatic heterocycles. The molecule has 0 atom stereocenters. The Morgan fingerprint density at radius 2 is 1.57 bits per heavy atom. The van der Waals surface area contributed by atoms with Gasteiger partial charge >= 0.3 is 0 Å². The molecule has 1 aromatic carbocycles. The van der Waals surface area contributed by atoms with Gasteiger partial charge in [-0.3, -0.25) is 9.69 Å². The number of likely N-dealkylation sites (tertiary alicyclic amines) is 2. The normalized spacial score (nSPS) is 21.1. The lowest BCUT2D eigenvalue weighted by atomic mass is 9.89. The standard InChI is InChI=1S/C19H28N2O2/c22-18-7-5-16(6-8-18)17-9-13-20(14-10-17)15-19(23)21-11-3-1-2-4-12-21/h5-8,17,22H,1-4,9-15H2. The van der Waals surface area contributed by atoms with Crippen LogP contribution in [0.3, 0.4) is 0 Å². The molecule has 126 valence electrons. The van der Waals surface area contributed by atoms with Crippen molar-refractivity contribution in [3.05, 3.63) is 29.8 Å². The van der Waals surface area contributed by atoms with E-state index in [4.69, 9.17) is 0 Å². The summed E-state index contributed by atoms with van der Waals surface area (Å²) in [6, 6.07) is 7.59. The minimum Gasteiger partial charge on any atom is -0.508 e. The maximum absolute atomic E-state index is 12.5. The number of hydrogen-bond donors (Lipinski definition) is 1. The Bertz CT molecular complexity index is 499. The maximum Gasteiger partial charge on any atom is 0.236 e. The number of phenolic OH excluding ortho intramolecular Hbond substituents is 1. The van der Waals surface area contributed by atoms with Crippen LogP contribution < -0.4 is 0 Å². The number of carbonyl (C=O) groups excluding carboxylic acids is 1. The first-order chi connectivity index (χ1) is 11.2. The Balaban J connectivity index is 1.47. The molecule has 2 aliphatic rings. The fourth-order valence-electron chi connectivity index (χ4n) is 3.78. The van der Waals surface area contributed by atoms with Crippen LogP contribution in [0.2, 0.25) is 0 Å². The van der Waals surface area contributed by atoms with Crippen LogP contribution in [0.25, 0.3) is 0 Å². The van der Waals surface area contributed by atoms with Crippen molar-refractivity contribution in [2.24, 2.45) is 0 Å². The molecule has 0 radical (unpaired) electrons. The summed E-state index contributed by atoms with van der Waals surface area (Å²) >= 11 is 0. The highest BCUT2D eigenvalue weighted by Crippen LogP contribution is 2.29. The Morgan fingerprint density at radius 1 is 0.957 bits per heavy atom. The second kappa shape index (κ2) is 7.82. The van der Waals surface area contributed by atoms with Gasteiger partial charge < -0.3 is 10.0 Å². The number of amides is 1. The van der Waals surface area contributed by atoms with Gasteiger partial charge in [0.1, 0.15) is 5.75 Å². The van der Waals surface area contributed by atoms with Gasteiger partial charge in [-0.2, -0.15) is 0 Å². The highest BCUT2D eigenvalue weighted by atomic mass is 16.3. The molecule has 0 aliphatic carbocycles. The van der Waals surface area contributed by atoms with Gasteiger partial charge in [0.05, 0.1) is 6.54 Å². The van der Waals surface area contributed by atoms with Crippen LogP contribution in [0.4, 0.5) is 0 Å². The first-order valence-electron chi connectivity index (χ1n) is 9.01. The number of aromatic hydroxyl groups is 1. The van der Waals surface area contributed by atoms with Crippen LogP contribution in [0.1, 0.15) is 50.0 Å². The molecular weight excluding hydrogens is 288 g/mol. The summed E-state index contributed by atoms with van der Waals surface area (Å²) in [7, 11) is 0. The van der Waals surface area contributed by atoms with Crippen molar-refractivity contribution in [2.45, 2.75) is 44.4 Å². The highest BCUT2D eigenvalue weighted by Gasteiger charge is 2.24. The quantitative estimate of drug-likeness (QED) is 0.932. The van der Waals surface area contributed by atoms with Gasteiger partial charge in [-0.25, -0.2) is 0 Å². The Labute approximate surface area is 139 Å². The van der Waals surface area contributed by atoms with E-state index in [0.29, 0.717) is 24.1 Å². The van der Waals surface area contributed by atoms with Crippen molar-refractivity contribution in [3.63, 3.8) is 0 Å². The SMILES string of the molecule is O=C(CN1CCC(c2ccc(O)cc2)CC1)N1CCCCCC1. The van der Waals surface area contributed by atoms with Crippen LogP contribution in [0.15, 0.2) is 24.3 Å². The van der Waals surface area contributed by atoms with Crippen molar-refractivity contribution in [2.75, 3.05) is 32.7 Å². The summed E-state index contributed by atoms with van der Waals surface area (Å²) in [6.45, 7) is 4.46. The van der Waals surface area contributed by atoms with Crippen LogP contribution in [0, 0.1) is 0 Å². The summed E-state index contributed by atoms with van der Waals surface area (Å²) in [5.41, 5.74) is 1.31. The fourth-order valence-corrected chi connectivity index (χ4v) is 3.78. The third-order valence-corrected chi connectivity index (χ3v) is 5.27. The van der Waals surface area contributed by atoms with Crippen molar-refractivity contribution >= 4 is 5.91 Å². The molecule has 1 amide bonds. The summed E-state index contributed by atoms with van der Waals surface area (Å²) in [5.74, 6) is 1.20. The zero-order chi connectivity index (χ0) is 16.1. The van der Waals surface area contributed by atoms with Gasteiger partial charge in [-0.05, 0) is 62.4 Å². The average molecular weight is 316 g/mol. The maximum atomic E-state index is 12.5. The van der Waals surface area contributed by atoms with Crippen molar-refractivity contribution in [3.8, 4) is 5.75 Å². The van der Waals surface area contributed by atoms with Gasteiger partial charge in [-0.1, -0.05) is 25.0 Å². The van der Waals surface area contributed by atoms with Gasteiger partial charge in [0.2, 0.25) is 5.91 Å². The molecule has 0 spiro atoms. The molecular formula is C19H28N2O2. The third-order valence-electron chi connectivity index (χ3n) is 5.27. The molecule has 0 aromatic heterocycles. The zero-order valence-corrected chi connectivity index (χ0v) is 13.9. The van der Waals surface area contributed by atoms with E-state index in [9.17, 15) is 9.90 Å². The topological polar surface area (TPSA) is 43.8 Å². The Kier molecular flexibility index (Phi) is 5.55. The molecule has 2 fully saturated rings. The summed E-state index contributed by atoms with van der Waals surface area (Å²) in [6.07, 6.45) is 7.04. The Hall–Kier alpha value is -1.55. The van der Waals surface area contributed by atoms with Crippen molar-refractivity contribution in [1.82, 2.24) is 9.80 Å². The molecule has 3 rings (SSSR count). The van der Waals surface area contributed by atoms with Gasteiger partial charge in [0, 0.05) is 13.1 Å². The molecule has 2 saturated heterocycles. The zero-order valence-electron chi connectivity index (χ0n) is 13.9.